The fraction of sp³-hybridized carbons (Fsp3) is 0.333. The highest BCUT2D eigenvalue weighted by Gasteiger charge is 2.17. The van der Waals surface area contributed by atoms with Gasteiger partial charge in [-0.05, 0) is 42.7 Å². The highest BCUT2D eigenvalue weighted by atomic mass is 16.5. The van der Waals surface area contributed by atoms with Gasteiger partial charge >= 0.3 is 11.9 Å². The Balaban J connectivity index is 1.98. The number of carbonyl (C=O) groups excluding carboxylic acids is 2. The Labute approximate surface area is 153 Å². The smallest absolute Gasteiger partial charge is 0.338 e. The number of hydrogen-bond acceptors (Lipinski definition) is 5. The standard InChI is InChI=1S/C21H24O5/c1-15(2)14-25-12-6-7-13-26-21(23)19-11-10-18(20(22)24-3)16-8-4-5-9-17(16)19/h4-5,8-11H,1,6-7,12-14H2,2-3H3. The molecule has 5 heteroatoms. The number of esters is 2. The maximum absolute atomic E-state index is 12.4. The third-order valence-corrected chi connectivity index (χ3v) is 3.81. The lowest BCUT2D eigenvalue weighted by Crippen LogP contribution is -2.10. The lowest BCUT2D eigenvalue weighted by atomic mass is 9.99. The Kier molecular flexibility index (Phi) is 7.36. The lowest BCUT2D eigenvalue weighted by molar-refractivity contribution is 0.0486. The van der Waals surface area contributed by atoms with Gasteiger partial charge in [0.1, 0.15) is 0 Å². The molecule has 5 nitrogen and oxygen atoms in total. The second-order valence-electron chi connectivity index (χ2n) is 6.05. The third-order valence-electron chi connectivity index (χ3n) is 3.81. The molecule has 0 N–H and O–H groups in total. The van der Waals surface area contributed by atoms with E-state index >= 15 is 0 Å². The summed E-state index contributed by atoms with van der Waals surface area (Å²) in [6, 6.07) is 10.4. The number of unbranched alkanes of at least 4 members (excludes halogenated alkanes) is 1. The first-order valence-electron chi connectivity index (χ1n) is 8.54. The predicted molar refractivity (Wildman–Crippen MR) is 100 cm³/mol. The molecule has 0 amide bonds. The quantitative estimate of drug-likeness (QED) is 0.384. The van der Waals surface area contributed by atoms with E-state index in [1.54, 1.807) is 24.3 Å². The van der Waals surface area contributed by atoms with E-state index in [0.29, 0.717) is 41.7 Å². The van der Waals surface area contributed by atoms with Crippen LogP contribution in [-0.2, 0) is 14.2 Å². The fourth-order valence-corrected chi connectivity index (χ4v) is 2.56. The van der Waals surface area contributed by atoms with Crippen LogP contribution >= 0.6 is 0 Å². The molecule has 0 fully saturated rings. The van der Waals surface area contributed by atoms with Crippen LogP contribution in [0.25, 0.3) is 10.8 Å². The van der Waals surface area contributed by atoms with Gasteiger partial charge in [0.15, 0.2) is 0 Å². The van der Waals surface area contributed by atoms with E-state index in [1.807, 2.05) is 19.1 Å². The Hall–Kier alpha value is -2.66. The van der Waals surface area contributed by atoms with Crippen molar-refractivity contribution in [1.29, 1.82) is 0 Å². The maximum atomic E-state index is 12.4. The molecule has 0 aliphatic carbocycles. The summed E-state index contributed by atoms with van der Waals surface area (Å²) in [5, 5.41) is 1.34. The number of hydrogen-bond donors (Lipinski definition) is 0. The zero-order valence-electron chi connectivity index (χ0n) is 15.2. The molecule has 0 heterocycles. The summed E-state index contributed by atoms with van der Waals surface area (Å²) >= 11 is 0. The first-order valence-corrected chi connectivity index (χ1v) is 8.54. The van der Waals surface area contributed by atoms with Crippen molar-refractivity contribution in [3.63, 3.8) is 0 Å². The monoisotopic (exact) mass is 356 g/mol. The van der Waals surface area contributed by atoms with Crippen molar-refractivity contribution >= 4 is 22.7 Å². The van der Waals surface area contributed by atoms with Gasteiger partial charge in [0.2, 0.25) is 0 Å². The van der Waals surface area contributed by atoms with Crippen molar-refractivity contribution in [3.05, 3.63) is 59.7 Å². The molecule has 2 aromatic carbocycles. The summed E-state index contributed by atoms with van der Waals surface area (Å²) in [4.78, 5) is 24.3. The molecule has 0 bridgehead atoms. The number of methoxy groups -OCH3 is 1. The summed E-state index contributed by atoms with van der Waals surface area (Å²) < 4.78 is 15.6. The van der Waals surface area contributed by atoms with Crippen LogP contribution in [0.4, 0.5) is 0 Å². The summed E-state index contributed by atoms with van der Waals surface area (Å²) in [7, 11) is 1.33. The molecular weight excluding hydrogens is 332 g/mol. The largest absolute Gasteiger partial charge is 0.465 e. The number of rotatable bonds is 9. The van der Waals surface area contributed by atoms with Crippen molar-refractivity contribution in [1.82, 2.24) is 0 Å². The molecule has 2 rings (SSSR count). The van der Waals surface area contributed by atoms with E-state index in [2.05, 4.69) is 6.58 Å². The molecule has 2 aromatic rings. The second-order valence-corrected chi connectivity index (χ2v) is 6.05. The predicted octanol–water partition coefficient (Wildman–Crippen LogP) is 4.16. The van der Waals surface area contributed by atoms with Gasteiger partial charge in [-0.2, -0.15) is 0 Å². The molecule has 0 radical (unpaired) electrons. The van der Waals surface area contributed by atoms with Crippen LogP contribution in [0.2, 0.25) is 0 Å². The van der Waals surface area contributed by atoms with Gasteiger partial charge in [-0.3, -0.25) is 0 Å². The molecular formula is C21H24O5. The van der Waals surface area contributed by atoms with E-state index in [0.717, 1.165) is 18.4 Å². The summed E-state index contributed by atoms with van der Waals surface area (Å²) in [6.07, 6.45) is 1.53. The first kappa shape index (κ1) is 19.7. The third kappa shape index (κ3) is 5.17. The average molecular weight is 356 g/mol. The molecule has 138 valence electrons. The summed E-state index contributed by atoms with van der Waals surface area (Å²) in [5.74, 6) is -0.837. The zero-order valence-corrected chi connectivity index (χ0v) is 15.2. The van der Waals surface area contributed by atoms with E-state index in [1.165, 1.54) is 7.11 Å². The van der Waals surface area contributed by atoms with Crippen molar-refractivity contribution < 1.29 is 23.8 Å². The Morgan fingerprint density at radius 1 is 0.923 bits per heavy atom. The first-order chi connectivity index (χ1) is 12.5. The maximum Gasteiger partial charge on any atom is 0.338 e. The van der Waals surface area contributed by atoms with E-state index in [-0.39, 0.29) is 0 Å². The van der Waals surface area contributed by atoms with Gasteiger partial charge in [0.05, 0.1) is 31.5 Å². The van der Waals surface area contributed by atoms with Crippen LogP contribution < -0.4 is 0 Å². The van der Waals surface area contributed by atoms with Crippen LogP contribution in [-0.4, -0.2) is 38.9 Å². The minimum absolute atomic E-state index is 0.322. The van der Waals surface area contributed by atoms with Crippen molar-refractivity contribution in [2.75, 3.05) is 26.9 Å². The molecule has 0 aromatic heterocycles. The molecule has 0 aliphatic rings. The Morgan fingerprint density at radius 2 is 1.50 bits per heavy atom. The zero-order chi connectivity index (χ0) is 18.9. The number of fused-ring (bicyclic) bond motifs is 1. The van der Waals surface area contributed by atoms with Gasteiger partial charge in [-0.25, -0.2) is 9.59 Å². The van der Waals surface area contributed by atoms with E-state index in [9.17, 15) is 9.59 Å². The number of ether oxygens (including phenoxy) is 3. The molecule has 26 heavy (non-hydrogen) atoms. The number of carbonyl (C=O) groups is 2. The summed E-state index contributed by atoms with van der Waals surface area (Å²) in [6.45, 7) is 7.17. The Bertz CT molecular complexity index is 794. The highest BCUT2D eigenvalue weighted by molar-refractivity contribution is 6.11. The van der Waals surface area contributed by atoms with Crippen LogP contribution in [0.15, 0.2) is 48.6 Å². The van der Waals surface area contributed by atoms with Crippen LogP contribution in [0.1, 0.15) is 40.5 Å². The highest BCUT2D eigenvalue weighted by Crippen LogP contribution is 2.24. The van der Waals surface area contributed by atoms with Gasteiger partial charge in [0.25, 0.3) is 0 Å². The number of benzene rings is 2. The Morgan fingerprint density at radius 3 is 2.08 bits per heavy atom. The minimum atomic E-state index is -0.434. The van der Waals surface area contributed by atoms with Gasteiger partial charge in [-0.1, -0.05) is 36.4 Å². The SMILES string of the molecule is C=C(C)COCCCCOC(=O)c1ccc(C(=O)OC)c2ccccc12. The molecule has 0 aliphatic heterocycles. The molecule has 0 atom stereocenters. The normalized spacial score (nSPS) is 10.5. The van der Waals surface area contributed by atoms with Gasteiger partial charge in [-0.15, -0.1) is 0 Å². The summed E-state index contributed by atoms with van der Waals surface area (Å²) in [5.41, 5.74) is 1.85. The molecule has 0 saturated heterocycles. The van der Waals surface area contributed by atoms with Crippen molar-refractivity contribution in [2.24, 2.45) is 0 Å². The van der Waals surface area contributed by atoms with Crippen LogP contribution in [0, 0.1) is 0 Å². The fourth-order valence-electron chi connectivity index (χ4n) is 2.56. The minimum Gasteiger partial charge on any atom is -0.465 e. The van der Waals surface area contributed by atoms with Crippen LogP contribution in [0.3, 0.4) is 0 Å². The van der Waals surface area contributed by atoms with Gasteiger partial charge in [0, 0.05) is 6.61 Å². The van der Waals surface area contributed by atoms with Crippen LogP contribution in [0.5, 0.6) is 0 Å². The average Bonchev–Trinajstić information content (AvgIpc) is 2.65. The van der Waals surface area contributed by atoms with Gasteiger partial charge < -0.3 is 14.2 Å². The van der Waals surface area contributed by atoms with E-state index < -0.39 is 11.9 Å². The molecule has 0 spiro atoms. The topological polar surface area (TPSA) is 61.8 Å². The lowest BCUT2D eigenvalue weighted by Gasteiger charge is -2.10. The molecule has 0 unspecified atom stereocenters. The van der Waals surface area contributed by atoms with Crippen molar-refractivity contribution in [2.45, 2.75) is 19.8 Å². The van der Waals surface area contributed by atoms with E-state index in [4.69, 9.17) is 14.2 Å². The van der Waals surface area contributed by atoms with Crippen molar-refractivity contribution in [3.8, 4) is 0 Å². The molecule has 0 saturated carbocycles. The second kappa shape index (κ2) is 9.73.